The smallest absolute Gasteiger partial charge is 0.367 e. The van der Waals surface area contributed by atoms with Crippen molar-refractivity contribution in [2.24, 2.45) is 0 Å². The van der Waals surface area contributed by atoms with Crippen molar-refractivity contribution in [3.8, 4) is 0 Å². The fourth-order valence-corrected chi connectivity index (χ4v) is 3.39. The Balaban J connectivity index is 1.92. The van der Waals surface area contributed by atoms with Gasteiger partial charge in [-0.05, 0) is 36.8 Å². The molecule has 1 fully saturated rings. The lowest BCUT2D eigenvalue weighted by atomic mass is 10.2. The number of nitrogens with zero attached hydrogens (tertiary/aromatic N) is 2. The van der Waals surface area contributed by atoms with E-state index in [1.54, 1.807) is 18.2 Å². The molecule has 0 spiro atoms. The van der Waals surface area contributed by atoms with Crippen molar-refractivity contribution in [1.29, 1.82) is 0 Å². The van der Waals surface area contributed by atoms with Crippen LogP contribution >= 0.6 is 23.8 Å². The van der Waals surface area contributed by atoms with Crippen molar-refractivity contribution >= 4 is 52.1 Å². The van der Waals surface area contributed by atoms with Gasteiger partial charge in [0.05, 0.1) is 10.7 Å². The fourth-order valence-electron chi connectivity index (χ4n) is 2.86. The van der Waals surface area contributed by atoms with Gasteiger partial charge in [-0.1, -0.05) is 24.9 Å². The number of amides is 2. The third-order valence-electron chi connectivity index (χ3n) is 4.37. The van der Waals surface area contributed by atoms with E-state index in [9.17, 15) is 22.8 Å². The van der Waals surface area contributed by atoms with Gasteiger partial charge in [0.15, 0.2) is 5.11 Å². The molecular weight excluding hydrogens is 429 g/mol. The molecule has 6 nitrogen and oxygen atoms in total. The summed E-state index contributed by atoms with van der Waals surface area (Å²) in [5.41, 5.74) is 1.22. The van der Waals surface area contributed by atoms with Crippen LogP contribution in [0.5, 0.6) is 0 Å². The first kappa shape index (κ1) is 23.2. The highest BCUT2D eigenvalue weighted by molar-refractivity contribution is 7.80. The number of halogens is 4. The second-order valence-corrected chi connectivity index (χ2v) is 7.36. The van der Waals surface area contributed by atoms with Gasteiger partial charge in [0, 0.05) is 38.3 Å². The number of alkyl halides is 3. The monoisotopic (exact) mass is 450 g/mol. The SMILES string of the molecule is CCCCC(=O)NC(=S)Nc1ccc(N2CCN(C(=O)C(F)(F)F)CC2)c(Cl)c1. The van der Waals surface area contributed by atoms with Crippen LogP contribution in [0, 0.1) is 0 Å². The molecule has 2 rings (SSSR count). The van der Waals surface area contributed by atoms with Crippen LogP contribution in [-0.2, 0) is 9.59 Å². The van der Waals surface area contributed by atoms with Crippen LogP contribution in [0.2, 0.25) is 5.02 Å². The number of carbonyl (C=O) groups excluding carboxylic acids is 2. The van der Waals surface area contributed by atoms with E-state index in [0.29, 0.717) is 22.8 Å². The first-order valence-electron chi connectivity index (χ1n) is 9.13. The quantitative estimate of drug-likeness (QED) is 0.672. The normalized spacial score (nSPS) is 14.5. The van der Waals surface area contributed by atoms with Crippen LogP contribution in [0.3, 0.4) is 0 Å². The van der Waals surface area contributed by atoms with E-state index in [4.69, 9.17) is 23.8 Å². The van der Waals surface area contributed by atoms with Gasteiger partial charge in [0.1, 0.15) is 0 Å². The zero-order valence-corrected chi connectivity index (χ0v) is 17.4. The Kier molecular flexibility index (Phi) is 8.09. The van der Waals surface area contributed by atoms with Gasteiger partial charge < -0.3 is 20.4 Å². The maximum atomic E-state index is 12.5. The summed E-state index contributed by atoms with van der Waals surface area (Å²) in [7, 11) is 0. The third kappa shape index (κ3) is 6.74. The maximum Gasteiger partial charge on any atom is 0.471 e. The van der Waals surface area contributed by atoms with E-state index in [0.717, 1.165) is 17.7 Å². The van der Waals surface area contributed by atoms with Crippen LogP contribution in [-0.4, -0.2) is 54.2 Å². The van der Waals surface area contributed by atoms with Gasteiger partial charge in [0.25, 0.3) is 0 Å². The minimum Gasteiger partial charge on any atom is -0.367 e. The fraction of sp³-hybridized carbons (Fsp3) is 0.500. The zero-order valence-electron chi connectivity index (χ0n) is 15.8. The highest BCUT2D eigenvalue weighted by Crippen LogP contribution is 2.30. The molecule has 1 aliphatic rings. The van der Waals surface area contributed by atoms with Crippen LogP contribution in [0.15, 0.2) is 18.2 Å². The molecule has 1 heterocycles. The molecular formula is C18H22ClF3N4O2S. The van der Waals surface area contributed by atoms with Crippen LogP contribution in [0.25, 0.3) is 0 Å². The second-order valence-electron chi connectivity index (χ2n) is 6.55. The van der Waals surface area contributed by atoms with Crippen molar-refractivity contribution in [2.45, 2.75) is 32.4 Å². The Morgan fingerprint density at radius 3 is 2.41 bits per heavy atom. The molecule has 2 N–H and O–H groups in total. The number of unbranched alkanes of at least 4 members (excludes halogenated alkanes) is 1. The highest BCUT2D eigenvalue weighted by Gasteiger charge is 2.43. The topological polar surface area (TPSA) is 64.7 Å². The van der Waals surface area contributed by atoms with Crippen molar-refractivity contribution in [3.05, 3.63) is 23.2 Å². The predicted molar refractivity (Wildman–Crippen MR) is 110 cm³/mol. The van der Waals surface area contributed by atoms with Gasteiger partial charge in [-0.25, -0.2) is 0 Å². The van der Waals surface area contributed by atoms with Gasteiger partial charge in [-0.3, -0.25) is 9.59 Å². The van der Waals surface area contributed by atoms with Crippen LogP contribution in [0.1, 0.15) is 26.2 Å². The number of anilines is 2. The van der Waals surface area contributed by atoms with E-state index in [-0.39, 0.29) is 37.2 Å². The van der Waals surface area contributed by atoms with E-state index in [2.05, 4.69) is 10.6 Å². The number of piperazine rings is 1. The maximum absolute atomic E-state index is 12.5. The molecule has 0 saturated carbocycles. The highest BCUT2D eigenvalue weighted by atomic mass is 35.5. The zero-order chi connectivity index (χ0) is 21.6. The van der Waals surface area contributed by atoms with Crippen LogP contribution < -0.4 is 15.5 Å². The van der Waals surface area contributed by atoms with E-state index >= 15 is 0 Å². The van der Waals surface area contributed by atoms with Crippen molar-refractivity contribution in [3.63, 3.8) is 0 Å². The summed E-state index contributed by atoms with van der Waals surface area (Å²) in [5.74, 6) is -1.99. The number of nitrogens with one attached hydrogen (secondary N) is 2. The number of hydrogen-bond acceptors (Lipinski definition) is 4. The first-order valence-corrected chi connectivity index (χ1v) is 9.92. The van der Waals surface area contributed by atoms with Crippen molar-refractivity contribution in [2.75, 3.05) is 36.4 Å². The second kappa shape index (κ2) is 10.1. The number of rotatable bonds is 5. The lowest BCUT2D eigenvalue weighted by molar-refractivity contribution is -0.185. The Bertz CT molecular complexity index is 768. The number of carbonyl (C=O) groups is 2. The molecule has 0 aromatic heterocycles. The Morgan fingerprint density at radius 1 is 1.21 bits per heavy atom. The standard InChI is InChI=1S/C18H22ClF3N4O2S/c1-2-3-4-15(27)24-17(29)23-12-5-6-14(13(19)11-12)25-7-9-26(10-8-25)16(28)18(20,21)22/h5-6,11H,2-4,7-10H2,1H3,(H2,23,24,27,29). The molecule has 0 unspecified atom stereocenters. The van der Waals surface area contributed by atoms with Crippen molar-refractivity contribution < 1.29 is 22.8 Å². The molecule has 2 amide bonds. The summed E-state index contributed by atoms with van der Waals surface area (Å²) in [6, 6.07) is 5.04. The molecule has 0 bridgehead atoms. The summed E-state index contributed by atoms with van der Waals surface area (Å²) in [5, 5.41) is 6.01. The van der Waals surface area contributed by atoms with Gasteiger partial charge in [-0.15, -0.1) is 0 Å². The molecule has 0 atom stereocenters. The van der Waals surface area contributed by atoms with E-state index < -0.39 is 12.1 Å². The predicted octanol–water partition coefficient (Wildman–Crippen LogP) is 3.55. The minimum atomic E-state index is -4.86. The number of thiocarbonyl (C=S) groups is 1. The number of benzene rings is 1. The lowest BCUT2D eigenvalue weighted by Gasteiger charge is -2.36. The average Bonchev–Trinajstić information content (AvgIpc) is 2.65. The third-order valence-corrected chi connectivity index (χ3v) is 4.87. The van der Waals surface area contributed by atoms with Gasteiger partial charge >= 0.3 is 12.1 Å². The lowest BCUT2D eigenvalue weighted by Crippen LogP contribution is -2.52. The Hall–Kier alpha value is -2.07. The molecule has 29 heavy (non-hydrogen) atoms. The van der Waals surface area contributed by atoms with E-state index in [1.807, 2.05) is 11.8 Å². The average molecular weight is 451 g/mol. The van der Waals surface area contributed by atoms with Gasteiger partial charge in [0.2, 0.25) is 5.91 Å². The molecule has 11 heteroatoms. The van der Waals surface area contributed by atoms with E-state index in [1.165, 1.54) is 0 Å². The van der Waals surface area contributed by atoms with Crippen LogP contribution in [0.4, 0.5) is 24.5 Å². The molecule has 0 radical (unpaired) electrons. The minimum absolute atomic E-state index is 0.0391. The van der Waals surface area contributed by atoms with Gasteiger partial charge in [-0.2, -0.15) is 13.2 Å². The Morgan fingerprint density at radius 2 is 1.86 bits per heavy atom. The molecule has 1 saturated heterocycles. The molecule has 160 valence electrons. The summed E-state index contributed by atoms with van der Waals surface area (Å²) in [4.78, 5) is 25.6. The molecule has 0 aliphatic carbocycles. The first-order chi connectivity index (χ1) is 13.6. The summed E-state index contributed by atoms with van der Waals surface area (Å²) in [6.45, 7) is 2.38. The molecule has 1 aliphatic heterocycles. The largest absolute Gasteiger partial charge is 0.471 e. The summed E-state index contributed by atoms with van der Waals surface area (Å²) >= 11 is 11.4. The van der Waals surface area contributed by atoms with Crippen molar-refractivity contribution in [1.82, 2.24) is 10.2 Å². The number of hydrogen-bond donors (Lipinski definition) is 2. The Labute approximate surface area is 177 Å². The summed E-state index contributed by atoms with van der Waals surface area (Å²) in [6.07, 6.45) is -2.79. The molecule has 1 aromatic carbocycles. The molecule has 1 aromatic rings. The summed E-state index contributed by atoms with van der Waals surface area (Å²) < 4.78 is 37.6.